The molecule has 3 nitrogen and oxygen atoms in total. The van der Waals surface area contributed by atoms with Crippen LogP contribution in [0.2, 0.25) is 0 Å². The summed E-state index contributed by atoms with van der Waals surface area (Å²) >= 11 is 0. The number of imidazole rings is 1. The molecule has 3 heteroatoms. The fourth-order valence-electron chi connectivity index (χ4n) is 1.39. The summed E-state index contributed by atoms with van der Waals surface area (Å²) in [4.78, 5) is 11.4. The number of pyridine rings is 1. The van der Waals surface area contributed by atoms with Crippen LogP contribution in [0.25, 0.3) is 11.0 Å². The Morgan fingerprint density at radius 1 is 1.54 bits per heavy atom. The molecule has 0 unspecified atom stereocenters. The number of aromatic nitrogens is 3. The molecule has 0 bridgehead atoms. The van der Waals surface area contributed by atoms with E-state index in [-0.39, 0.29) is 0 Å². The second-order valence-electron chi connectivity index (χ2n) is 3.11. The first-order valence-electron chi connectivity index (χ1n) is 4.61. The lowest BCUT2D eigenvalue weighted by Gasteiger charge is -1.98. The third-order valence-electron chi connectivity index (χ3n) is 2.13. The molecule has 0 amide bonds. The fourth-order valence-corrected chi connectivity index (χ4v) is 1.39. The number of hydrogen-bond acceptors (Lipinski definition) is 2. The third kappa shape index (κ3) is 1.54. The Morgan fingerprint density at radius 2 is 2.46 bits per heavy atom. The van der Waals surface area contributed by atoms with Crippen molar-refractivity contribution in [1.29, 1.82) is 0 Å². The highest BCUT2D eigenvalue weighted by molar-refractivity contribution is 5.76. The van der Waals surface area contributed by atoms with Crippen molar-refractivity contribution in [1.82, 2.24) is 15.0 Å². The minimum Gasteiger partial charge on any atom is -0.335 e. The minimum absolute atomic E-state index is 0.968. The summed E-state index contributed by atoms with van der Waals surface area (Å²) in [6, 6.07) is 1.92. The highest BCUT2D eigenvalue weighted by Gasteiger charge is 2.03. The molecular weight excluding hydrogens is 162 g/mol. The quantitative estimate of drug-likeness (QED) is 0.774. The van der Waals surface area contributed by atoms with Crippen LogP contribution < -0.4 is 0 Å². The molecule has 0 atom stereocenters. The van der Waals surface area contributed by atoms with Gasteiger partial charge in [0, 0.05) is 6.20 Å². The summed E-state index contributed by atoms with van der Waals surface area (Å²) in [5, 5.41) is 0. The fraction of sp³-hybridized carbons (Fsp3) is 0.400. The van der Waals surface area contributed by atoms with Gasteiger partial charge < -0.3 is 4.98 Å². The zero-order valence-electron chi connectivity index (χ0n) is 7.67. The van der Waals surface area contributed by atoms with Crippen LogP contribution in [0.15, 0.2) is 12.3 Å². The van der Waals surface area contributed by atoms with Gasteiger partial charge in [0.25, 0.3) is 0 Å². The van der Waals surface area contributed by atoms with Crippen molar-refractivity contribution in [3.63, 3.8) is 0 Å². The Balaban J connectivity index is 2.37. The van der Waals surface area contributed by atoms with Gasteiger partial charge in [0.15, 0.2) is 6.33 Å². The lowest BCUT2D eigenvalue weighted by molar-refractivity contribution is 0.781. The van der Waals surface area contributed by atoms with Gasteiger partial charge in [-0.05, 0) is 18.9 Å². The second kappa shape index (κ2) is 3.56. The monoisotopic (exact) mass is 174 g/mol. The lowest BCUT2D eigenvalue weighted by Crippen LogP contribution is -1.90. The number of aryl methyl sites for hydroxylation is 1. The van der Waals surface area contributed by atoms with Gasteiger partial charge in [-0.25, -0.2) is 4.98 Å². The van der Waals surface area contributed by atoms with E-state index in [1.165, 1.54) is 12.8 Å². The first-order valence-corrected chi connectivity index (χ1v) is 4.61. The molecule has 0 saturated carbocycles. The van der Waals surface area contributed by atoms with E-state index < -0.39 is 0 Å². The summed E-state index contributed by atoms with van der Waals surface area (Å²) < 4.78 is 0. The molecule has 0 aliphatic rings. The van der Waals surface area contributed by atoms with Gasteiger partial charge in [-0.1, -0.05) is 13.3 Å². The van der Waals surface area contributed by atoms with Crippen LogP contribution in [-0.4, -0.2) is 15.0 Å². The number of unbranched alkanes of at least 4 members (excludes halogenated alkanes) is 1. The van der Waals surface area contributed by atoms with Gasteiger partial charge in [0.1, 0.15) is 5.52 Å². The van der Waals surface area contributed by atoms with Crippen molar-refractivity contribution < 1.29 is 0 Å². The summed E-state index contributed by atoms with van der Waals surface area (Å²) in [7, 11) is 0. The number of nitrogens with zero attached hydrogens (tertiary/aromatic N) is 2. The van der Waals surface area contributed by atoms with Crippen LogP contribution in [0, 0.1) is 6.33 Å². The van der Waals surface area contributed by atoms with Crippen LogP contribution >= 0.6 is 0 Å². The highest BCUT2D eigenvalue weighted by atomic mass is 14.9. The van der Waals surface area contributed by atoms with E-state index in [2.05, 4.69) is 28.2 Å². The van der Waals surface area contributed by atoms with Crippen molar-refractivity contribution in [2.45, 2.75) is 26.2 Å². The predicted octanol–water partition coefficient (Wildman–Crippen LogP) is 2.10. The van der Waals surface area contributed by atoms with Crippen LogP contribution in [-0.2, 0) is 6.42 Å². The molecule has 2 aromatic rings. The summed E-state index contributed by atoms with van der Waals surface area (Å²) in [6.07, 6.45) is 7.92. The lowest BCUT2D eigenvalue weighted by atomic mass is 10.1. The molecule has 2 rings (SSSR count). The number of hydrogen-bond donors (Lipinski definition) is 1. The van der Waals surface area contributed by atoms with Gasteiger partial charge in [-0.15, -0.1) is 0 Å². The molecule has 0 aromatic carbocycles. The van der Waals surface area contributed by atoms with E-state index in [0.29, 0.717) is 0 Å². The van der Waals surface area contributed by atoms with Crippen molar-refractivity contribution >= 4 is 11.0 Å². The average molecular weight is 174 g/mol. The summed E-state index contributed by atoms with van der Waals surface area (Å²) in [6.45, 7) is 2.18. The molecule has 1 N–H and O–H groups in total. The molecule has 1 radical (unpaired) electrons. The van der Waals surface area contributed by atoms with Gasteiger partial charge in [0.2, 0.25) is 0 Å². The number of fused-ring (bicyclic) bond motifs is 1. The molecule has 0 aliphatic heterocycles. The number of aromatic amines is 1. The Kier molecular flexibility index (Phi) is 2.25. The van der Waals surface area contributed by atoms with Gasteiger partial charge in [-0.2, -0.15) is 0 Å². The Morgan fingerprint density at radius 3 is 3.31 bits per heavy atom. The molecule has 0 fully saturated rings. The molecule has 13 heavy (non-hydrogen) atoms. The smallest absolute Gasteiger partial charge is 0.174 e. The molecule has 0 saturated heterocycles. The normalized spacial score (nSPS) is 10.8. The number of nitrogens with one attached hydrogen (secondary N) is 1. The number of H-pyrrole nitrogens is 1. The third-order valence-corrected chi connectivity index (χ3v) is 2.13. The maximum Gasteiger partial charge on any atom is 0.174 e. The largest absolute Gasteiger partial charge is 0.335 e. The Bertz CT molecular complexity index is 392. The minimum atomic E-state index is 0.968. The van der Waals surface area contributed by atoms with E-state index in [4.69, 9.17) is 0 Å². The van der Waals surface area contributed by atoms with E-state index in [1.54, 1.807) is 0 Å². The van der Waals surface area contributed by atoms with Crippen molar-refractivity contribution in [3.8, 4) is 0 Å². The molecule has 0 spiro atoms. The van der Waals surface area contributed by atoms with E-state index in [0.717, 1.165) is 23.1 Å². The maximum absolute atomic E-state index is 4.31. The standard InChI is InChI=1S/C10H12N3/c1-2-3-4-8-10-9(5-6-11-8)12-7-13-10/h5-6H,2-4H2,1H3,(H,12,13). The molecule has 2 heterocycles. The SMILES string of the molecule is CCCCc1nccc2[nH][c]nc12. The Labute approximate surface area is 77.2 Å². The van der Waals surface area contributed by atoms with Gasteiger partial charge >= 0.3 is 0 Å². The van der Waals surface area contributed by atoms with Gasteiger partial charge in [-0.3, -0.25) is 4.98 Å². The first kappa shape index (κ1) is 8.23. The van der Waals surface area contributed by atoms with Crippen LogP contribution in [0.5, 0.6) is 0 Å². The zero-order valence-corrected chi connectivity index (χ0v) is 7.67. The van der Waals surface area contributed by atoms with Crippen LogP contribution in [0.1, 0.15) is 25.5 Å². The van der Waals surface area contributed by atoms with E-state index >= 15 is 0 Å². The molecule has 2 aromatic heterocycles. The van der Waals surface area contributed by atoms with Crippen molar-refractivity contribution in [2.24, 2.45) is 0 Å². The zero-order chi connectivity index (χ0) is 9.10. The van der Waals surface area contributed by atoms with Crippen molar-refractivity contribution in [2.75, 3.05) is 0 Å². The first-order chi connectivity index (χ1) is 6.42. The highest BCUT2D eigenvalue weighted by Crippen LogP contribution is 2.13. The van der Waals surface area contributed by atoms with E-state index in [9.17, 15) is 0 Å². The molecular formula is C10H12N3. The average Bonchev–Trinajstić information content (AvgIpc) is 2.62. The summed E-state index contributed by atoms with van der Waals surface area (Å²) in [5.74, 6) is 0. The Hall–Kier alpha value is -1.38. The van der Waals surface area contributed by atoms with Gasteiger partial charge in [0.05, 0.1) is 11.2 Å². The van der Waals surface area contributed by atoms with E-state index in [1.807, 2.05) is 12.3 Å². The van der Waals surface area contributed by atoms with Crippen LogP contribution in [0.4, 0.5) is 0 Å². The second-order valence-corrected chi connectivity index (χ2v) is 3.11. The van der Waals surface area contributed by atoms with Crippen molar-refractivity contribution in [3.05, 3.63) is 24.3 Å². The maximum atomic E-state index is 4.31. The van der Waals surface area contributed by atoms with Crippen LogP contribution in [0.3, 0.4) is 0 Å². The molecule has 67 valence electrons. The predicted molar refractivity (Wildman–Crippen MR) is 51.3 cm³/mol. The topological polar surface area (TPSA) is 41.6 Å². The summed E-state index contributed by atoms with van der Waals surface area (Å²) in [5.41, 5.74) is 3.08. The molecule has 0 aliphatic carbocycles. The number of rotatable bonds is 3.